The van der Waals surface area contributed by atoms with E-state index in [2.05, 4.69) is 25.7 Å². The fourth-order valence-corrected chi connectivity index (χ4v) is 4.13. The lowest BCUT2D eigenvalue weighted by molar-refractivity contribution is 0.265. The average Bonchev–Trinajstić information content (AvgIpc) is 3.11. The van der Waals surface area contributed by atoms with Gasteiger partial charge < -0.3 is 4.42 Å². The third-order valence-electron chi connectivity index (χ3n) is 4.80. The summed E-state index contributed by atoms with van der Waals surface area (Å²) in [5.74, 6) is 0.808. The summed E-state index contributed by atoms with van der Waals surface area (Å²) in [6.07, 6.45) is 3.13. The lowest BCUT2D eigenvalue weighted by atomic mass is 10.1. The molecule has 0 aliphatic heterocycles. The van der Waals surface area contributed by atoms with Crippen LogP contribution in [0.25, 0.3) is 17.0 Å². The van der Waals surface area contributed by atoms with Crippen molar-refractivity contribution in [2.75, 3.05) is 13.1 Å². The maximum atomic E-state index is 6.47. The minimum Gasteiger partial charge on any atom is -0.441 e. The van der Waals surface area contributed by atoms with E-state index in [1.165, 1.54) is 5.56 Å². The minimum atomic E-state index is 0.599. The standard InChI is InChI=1S/C21H27Cl2N3O/c1-5-10-25(11-6-2)13-17-19(7-3)24-26-20(14(4)27-21(17)26)16-9-8-15(22)12-18(16)23/h8-9,12H,5-7,10-11,13H2,1-4H3. The van der Waals surface area contributed by atoms with Crippen molar-refractivity contribution in [3.8, 4) is 11.3 Å². The summed E-state index contributed by atoms with van der Waals surface area (Å²) in [4.78, 5) is 2.48. The normalized spacial score (nSPS) is 11.8. The van der Waals surface area contributed by atoms with E-state index < -0.39 is 0 Å². The molecule has 0 fully saturated rings. The summed E-state index contributed by atoms with van der Waals surface area (Å²) in [5, 5.41) is 6.09. The molecule has 0 bridgehead atoms. The molecule has 0 saturated carbocycles. The lowest BCUT2D eigenvalue weighted by Gasteiger charge is -2.20. The molecule has 0 radical (unpaired) electrons. The topological polar surface area (TPSA) is 33.7 Å². The molecule has 2 heterocycles. The van der Waals surface area contributed by atoms with Crippen LogP contribution in [0.5, 0.6) is 0 Å². The van der Waals surface area contributed by atoms with Gasteiger partial charge >= 0.3 is 0 Å². The van der Waals surface area contributed by atoms with E-state index in [1.807, 2.05) is 23.6 Å². The van der Waals surface area contributed by atoms with Crippen LogP contribution in [0.4, 0.5) is 0 Å². The Morgan fingerprint density at radius 3 is 2.41 bits per heavy atom. The van der Waals surface area contributed by atoms with Crippen LogP contribution in [0.3, 0.4) is 0 Å². The van der Waals surface area contributed by atoms with Crippen LogP contribution in [0, 0.1) is 6.92 Å². The molecule has 0 atom stereocenters. The predicted molar refractivity (Wildman–Crippen MR) is 113 cm³/mol. The van der Waals surface area contributed by atoms with Crippen molar-refractivity contribution in [3.63, 3.8) is 0 Å². The van der Waals surface area contributed by atoms with Gasteiger partial charge in [0.2, 0.25) is 5.71 Å². The van der Waals surface area contributed by atoms with Gasteiger partial charge in [0.1, 0.15) is 11.5 Å². The number of hydrogen-bond acceptors (Lipinski definition) is 3. The highest BCUT2D eigenvalue weighted by molar-refractivity contribution is 6.36. The fraction of sp³-hybridized carbons (Fsp3) is 0.476. The predicted octanol–water partition coefficient (Wildman–Crippen LogP) is 6.39. The molecule has 6 heteroatoms. The lowest BCUT2D eigenvalue weighted by Crippen LogP contribution is -2.25. The Labute approximate surface area is 171 Å². The van der Waals surface area contributed by atoms with Gasteiger partial charge in [0.15, 0.2) is 0 Å². The highest BCUT2D eigenvalue weighted by Crippen LogP contribution is 2.35. The Bertz CT molecular complexity index is 923. The molecular weight excluding hydrogens is 381 g/mol. The summed E-state index contributed by atoms with van der Waals surface area (Å²) in [5.41, 5.74) is 4.86. The van der Waals surface area contributed by atoms with Crippen LogP contribution < -0.4 is 0 Å². The van der Waals surface area contributed by atoms with Gasteiger partial charge in [-0.05, 0) is 57.5 Å². The zero-order chi connectivity index (χ0) is 19.6. The van der Waals surface area contributed by atoms with Crippen LogP contribution in [-0.2, 0) is 13.0 Å². The summed E-state index contributed by atoms with van der Waals surface area (Å²) in [7, 11) is 0. The number of nitrogens with zero attached hydrogens (tertiary/aromatic N) is 3. The van der Waals surface area contributed by atoms with Gasteiger partial charge in [-0.3, -0.25) is 4.90 Å². The highest BCUT2D eigenvalue weighted by atomic mass is 35.5. The molecule has 27 heavy (non-hydrogen) atoms. The Hall–Kier alpha value is -1.49. The molecule has 0 spiro atoms. The first kappa shape index (κ1) is 20.2. The van der Waals surface area contributed by atoms with Gasteiger partial charge in [-0.25, -0.2) is 0 Å². The summed E-state index contributed by atoms with van der Waals surface area (Å²) in [6, 6.07) is 5.53. The second-order valence-electron chi connectivity index (χ2n) is 6.90. The van der Waals surface area contributed by atoms with Crippen LogP contribution in [0.1, 0.15) is 50.6 Å². The van der Waals surface area contributed by atoms with E-state index in [0.29, 0.717) is 10.0 Å². The largest absolute Gasteiger partial charge is 0.441 e. The van der Waals surface area contributed by atoms with E-state index in [9.17, 15) is 0 Å². The monoisotopic (exact) mass is 407 g/mol. The molecule has 1 aromatic carbocycles. The SMILES string of the molecule is CCCN(CCC)Cc1c(CC)nn2c(-c3ccc(Cl)cc3Cl)c(C)oc12. The van der Waals surface area contributed by atoms with Gasteiger partial charge in [-0.1, -0.05) is 44.0 Å². The van der Waals surface area contributed by atoms with Gasteiger partial charge in [0, 0.05) is 17.1 Å². The fourth-order valence-electron chi connectivity index (χ4n) is 3.63. The van der Waals surface area contributed by atoms with Crippen molar-refractivity contribution in [3.05, 3.63) is 45.3 Å². The number of benzene rings is 1. The maximum Gasteiger partial charge on any atom is 0.227 e. The molecule has 4 nitrogen and oxygen atoms in total. The van der Waals surface area contributed by atoms with Crippen molar-refractivity contribution < 1.29 is 4.42 Å². The first-order valence-corrected chi connectivity index (χ1v) is 10.4. The second kappa shape index (κ2) is 8.68. The van der Waals surface area contributed by atoms with E-state index in [1.54, 1.807) is 6.07 Å². The van der Waals surface area contributed by atoms with Crippen molar-refractivity contribution >= 4 is 28.9 Å². The van der Waals surface area contributed by atoms with Crippen LogP contribution in [-0.4, -0.2) is 27.6 Å². The summed E-state index contributed by atoms with van der Waals surface area (Å²) in [6.45, 7) is 11.5. The highest BCUT2D eigenvalue weighted by Gasteiger charge is 2.23. The third-order valence-corrected chi connectivity index (χ3v) is 5.34. The quantitative estimate of drug-likeness (QED) is 0.433. The molecule has 3 aromatic rings. The molecule has 146 valence electrons. The number of fused-ring (bicyclic) bond motifs is 1. The van der Waals surface area contributed by atoms with Crippen molar-refractivity contribution in [2.24, 2.45) is 0 Å². The molecule has 0 aliphatic rings. The smallest absolute Gasteiger partial charge is 0.227 e. The molecular formula is C21H27Cl2N3O. The number of oxazole rings is 1. The first-order valence-electron chi connectivity index (χ1n) is 9.67. The second-order valence-corrected chi connectivity index (χ2v) is 7.75. The number of halogens is 2. The molecule has 3 rings (SSSR count). The Balaban J connectivity index is 2.11. The van der Waals surface area contributed by atoms with Crippen molar-refractivity contribution in [1.82, 2.24) is 14.5 Å². The zero-order valence-electron chi connectivity index (χ0n) is 16.5. The number of hydrogen-bond donors (Lipinski definition) is 0. The summed E-state index contributed by atoms with van der Waals surface area (Å²) < 4.78 is 8.10. The van der Waals surface area contributed by atoms with Crippen molar-refractivity contribution in [1.29, 1.82) is 0 Å². The third kappa shape index (κ3) is 4.03. The Kier molecular flexibility index (Phi) is 6.51. The van der Waals surface area contributed by atoms with E-state index in [0.717, 1.165) is 67.3 Å². The maximum absolute atomic E-state index is 6.47. The number of rotatable bonds is 8. The molecule has 0 saturated heterocycles. The van der Waals surface area contributed by atoms with E-state index in [4.69, 9.17) is 32.7 Å². The van der Waals surface area contributed by atoms with Gasteiger partial charge in [-0.2, -0.15) is 9.61 Å². The van der Waals surface area contributed by atoms with Gasteiger partial charge in [-0.15, -0.1) is 0 Å². The average molecular weight is 408 g/mol. The molecule has 2 aromatic heterocycles. The van der Waals surface area contributed by atoms with Crippen LogP contribution in [0.2, 0.25) is 10.0 Å². The molecule has 0 aliphatic carbocycles. The minimum absolute atomic E-state index is 0.599. The molecule has 0 N–H and O–H groups in total. The van der Waals surface area contributed by atoms with E-state index in [-0.39, 0.29) is 0 Å². The molecule has 0 amide bonds. The molecule has 0 unspecified atom stereocenters. The van der Waals surface area contributed by atoms with E-state index >= 15 is 0 Å². The number of aryl methyl sites for hydroxylation is 2. The Morgan fingerprint density at radius 1 is 1.11 bits per heavy atom. The van der Waals surface area contributed by atoms with Crippen LogP contribution >= 0.6 is 23.2 Å². The summed E-state index contributed by atoms with van der Waals surface area (Å²) >= 11 is 12.5. The van der Waals surface area contributed by atoms with Crippen molar-refractivity contribution in [2.45, 2.75) is 53.5 Å². The first-order chi connectivity index (χ1) is 13.0. The zero-order valence-corrected chi connectivity index (χ0v) is 18.0. The number of aromatic nitrogens is 2. The van der Waals surface area contributed by atoms with Crippen LogP contribution in [0.15, 0.2) is 22.6 Å². The van der Waals surface area contributed by atoms with Gasteiger partial charge in [0.05, 0.1) is 16.3 Å². The van der Waals surface area contributed by atoms with Gasteiger partial charge in [0.25, 0.3) is 0 Å². The Morgan fingerprint density at radius 2 is 1.81 bits per heavy atom.